The van der Waals surface area contributed by atoms with Gasteiger partial charge in [-0.25, -0.2) is 4.39 Å². The van der Waals surface area contributed by atoms with E-state index in [2.05, 4.69) is 27.4 Å². The Kier molecular flexibility index (Phi) is 7.55. The largest absolute Gasteiger partial charge is 0.248 e. The van der Waals surface area contributed by atoms with Gasteiger partial charge in [-0.15, -0.1) is 0 Å². The van der Waals surface area contributed by atoms with Crippen LogP contribution in [0.15, 0.2) is 23.3 Å². The summed E-state index contributed by atoms with van der Waals surface area (Å²) in [5.41, 5.74) is 4.60. The van der Waals surface area contributed by atoms with Crippen molar-refractivity contribution in [2.24, 2.45) is 11.8 Å². The lowest BCUT2D eigenvalue weighted by molar-refractivity contribution is 0.295. The van der Waals surface area contributed by atoms with E-state index in [4.69, 9.17) is 0 Å². The van der Waals surface area contributed by atoms with Crippen molar-refractivity contribution >= 4 is 0 Å². The minimum absolute atomic E-state index is 0.648. The van der Waals surface area contributed by atoms with Crippen LogP contribution >= 0.6 is 0 Å². The molecule has 0 saturated carbocycles. The molecule has 0 fully saturated rings. The van der Waals surface area contributed by atoms with Crippen molar-refractivity contribution in [2.75, 3.05) is 0 Å². The fraction of sp³-hybridized carbons (Fsp3) is 0.789. The lowest BCUT2D eigenvalue weighted by Gasteiger charge is -2.34. The summed E-state index contributed by atoms with van der Waals surface area (Å²) in [5.74, 6) is 1.39. The van der Waals surface area contributed by atoms with E-state index in [9.17, 15) is 4.39 Å². The summed E-state index contributed by atoms with van der Waals surface area (Å²) in [6.45, 7) is 12.9. The summed E-state index contributed by atoms with van der Waals surface area (Å²) in [6, 6.07) is 0. The molecule has 0 bridgehead atoms. The van der Waals surface area contributed by atoms with Crippen LogP contribution in [0.5, 0.6) is 0 Å². The van der Waals surface area contributed by atoms with Crippen molar-refractivity contribution in [3.05, 3.63) is 23.3 Å². The molecule has 0 N–H and O–H groups in total. The molecule has 3 atom stereocenters. The lowest BCUT2D eigenvalue weighted by Crippen LogP contribution is -2.21. The summed E-state index contributed by atoms with van der Waals surface area (Å²) < 4.78 is 12.9. The number of allylic oxidation sites excluding steroid dienone is 3. The van der Waals surface area contributed by atoms with Gasteiger partial charge in [-0.3, -0.25) is 0 Å². The van der Waals surface area contributed by atoms with E-state index >= 15 is 0 Å². The standard InChI is InChI=1S/C19H33F/c1-6-9-18-15(4)12-13-19(17(18)7-2)14(3)10-8-11-16(5)20/h14,16,19H,4,6-13H2,1-3,5H3. The van der Waals surface area contributed by atoms with Crippen molar-refractivity contribution < 1.29 is 4.39 Å². The highest BCUT2D eigenvalue weighted by Crippen LogP contribution is 2.41. The van der Waals surface area contributed by atoms with Crippen molar-refractivity contribution in [1.29, 1.82) is 0 Å². The van der Waals surface area contributed by atoms with Crippen molar-refractivity contribution in [3.63, 3.8) is 0 Å². The summed E-state index contributed by atoms with van der Waals surface area (Å²) in [6.07, 6.45) is 8.22. The zero-order chi connectivity index (χ0) is 15.1. The first-order valence-corrected chi connectivity index (χ1v) is 8.55. The second-order valence-corrected chi connectivity index (χ2v) is 6.55. The van der Waals surface area contributed by atoms with Gasteiger partial charge in [-0.1, -0.05) is 57.8 Å². The molecular formula is C19H33F. The van der Waals surface area contributed by atoms with Crippen LogP contribution in [0.1, 0.15) is 79.1 Å². The summed E-state index contributed by atoms with van der Waals surface area (Å²) in [4.78, 5) is 0. The Balaban J connectivity index is 2.74. The molecule has 1 aliphatic carbocycles. The molecule has 1 heteroatoms. The molecule has 0 heterocycles. The van der Waals surface area contributed by atoms with Crippen molar-refractivity contribution in [3.8, 4) is 0 Å². The van der Waals surface area contributed by atoms with E-state index in [-0.39, 0.29) is 0 Å². The van der Waals surface area contributed by atoms with Gasteiger partial charge in [-0.05, 0) is 56.4 Å². The lowest BCUT2D eigenvalue weighted by atomic mass is 9.71. The first-order valence-electron chi connectivity index (χ1n) is 8.55. The predicted molar refractivity (Wildman–Crippen MR) is 87.7 cm³/mol. The number of hydrogen-bond donors (Lipinski definition) is 0. The van der Waals surface area contributed by atoms with Crippen LogP contribution in [0, 0.1) is 11.8 Å². The fourth-order valence-electron chi connectivity index (χ4n) is 3.72. The Labute approximate surface area is 125 Å². The van der Waals surface area contributed by atoms with Crippen molar-refractivity contribution in [2.45, 2.75) is 85.2 Å². The van der Waals surface area contributed by atoms with E-state index < -0.39 is 6.17 Å². The number of rotatable bonds is 8. The number of alkyl halides is 1. The van der Waals surface area contributed by atoms with Crippen LogP contribution < -0.4 is 0 Å². The van der Waals surface area contributed by atoms with Gasteiger partial charge in [0.25, 0.3) is 0 Å². The van der Waals surface area contributed by atoms with Crippen molar-refractivity contribution in [1.82, 2.24) is 0 Å². The predicted octanol–water partition coefficient (Wildman–Crippen LogP) is 6.62. The minimum Gasteiger partial charge on any atom is -0.248 e. The van der Waals surface area contributed by atoms with Gasteiger partial charge in [0.2, 0.25) is 0 Å². The molecule has 0 nitrogen and oxygen atoms in total. The van der Waals surface area contributed by atoms with E-state index in [1.54, 1.807) is 18.1 Å². The van der Waals surface area contributed by atoms with Crippen LogP contribution in [-0.4, -0.2) is 6.17 Å². The molecular weight excluding hydrogens is 247 g/mol. The van der Waals surface area contributed by atoms with Crippen LogP contribution in [0.2, 0.25) is 0 Å². The van der Waals surface area contributed by atoms with Gasteiger partial charge >= 0.3 is 0 Å². The summed E-state index contributed by atoms with van der Waals surface area (Å²) >= 11 is 0. The molecule has 0 spiro atoms. The Hall–Kier alpha value is -0.590. The van der Waals surface area contributed by atoms with Gasteiger partial charge in [0, 0.05) is 0 Å². The highest BCUT2D eigenvalue weighted by molar-refractivity contribution is 5.37. The molecule has 3 unspecified atom stereocenters. The van der Waals surface area contributed by atoms with Crippen LogP contribution in [-0.2, 0) is 0 Å². The molecule has 0 aliphatic heterocycles. The molecule has 0 aromatic heterocycles. The summed E-state index contributed by atoms with van der Waals surface area (Å²) in [5, 5.41) is 0. The Morgan fingerprint density at radius 1 is 1.25 bits per heavy atom. The highest BCUT2D eigenvalue weighted by Gasteiger charge is 2.27. The molecule has 0 radical (unpaired) electrons. The second kappa shape index (κ2) is 8.64. The maximum absolute atomic E-state index is 12.9. The van der Waals surface area contributed by atoms with Crippen LogP contribution in [0.3, 0.4) is 0 Å². The van der Waals surface area contributed by atoms with Crippen LogP contribution in [0.4, 0.5) is 4.39 Å². The first kappa shape index (κ1) is 17.5. The van der Waals surface area contributed by atoms with E-state index in [0.29, 0.717) is 11.8 Å². The minimum atomic E-state index is -0.648. The van der Waals surface area contributed by atoms with Gasteiger partial charge in [0.1, 0.15) is 0 Å². The van der Waals surface area contributed by atoms with Gasteiger partial charge in [0.05, 0.1) is 6.17 Å². The van der Waals surface area contributed by atoms with Gasteiger partial charge < -0.3 is 0 Å². The average molecular weight is 280 g/mol. The molecule has 0 amide bonds. The molecule has 116 valence electrons. The maximum atomic E-state index is 12.9. The molecule has 0 aromatic carbocycles. The molecule has 20 heavy (non-hydrogen) atoms. The molecule has 0 saturated heterocycles. The quantitative estimate of drug-likeness (QED) is 0.468. The summed E-state index contributed by atoms with van der Waals surface area (Å²) in [7, 11) is 0. The third-order valence-electron chi connectivity index (χ3n) is 4.85. The number of halogens is 1. The van der Waals surface area contributed by atoms with E-state index in [0.717, 1.165) is 32.1 Å². The van der Waals surface area contributed by atoms with E-state index in [1.165, 1.54) is 24.8 Å². The molecule has 1 aliphatic rings. The molecule has 1 rings (SSSR count). The zero-order valence-corrected chi connectivity index (χ0v) is 14.0. The first-order chi connectivity index (χ1) is 9.51. The Morgan fingerprint density at radius 3 is 2.50 bits per heavy atom. The Morgan fingerprint density at radius 2 is 1.95 bits per heavy atom. The number of hydrogen-bond acceptors (Lipinski definition) is 0. The van der Waals surface area contributed by atoms with Crippen LogP contribution in [0.25, 0.3) is 0 Å². The van der Waals surface area contributed by atoms with Gasteiger partial charge in [-0.2, -0.15) is 0 Å². The normalized spacial score (nSPS) is 23.1. The van der Waals surface area contributed by atoms with E-state index in [1.807, 2.05) is 0 Å². The fourth-order valence-corrected chi connectivity index (χ4v) is 3.72. The second-order valence-electron chi connectivity index (χ2n) is 6.55. The SMILES string of the molecule is C=C1CCC(C(C)CCCC(C)F)C(CC)=C1CCC. The monoisotopic (exact) mass is 280 g/mol. The highest BCUT2D eigenvalue weighted by atomic mass is 19.1. The smallest absolute Gasteiger partial charge is 0.0973 e. The molecule has 0 aromatic rings. The Bertz CT molecular complexity index is 338. The topological polar surface area (TPSA) is 0 Å². The third kappa shape index (κ3) is 4.75. The maximum Gasteiger partial charge on any atom is 0.0973 e. The average Bonchev–Trinajstić information content (AvgIpc) is 2.40. The third-order valence-corrected chi connectivity index (χ3v) is 4.85. The zero-order valence-electron chi connectivity index (χ0n) is 14.0. The van der Waals surface area contributed by atoms with Gasteiger partial charge in [0.15, 0.2) is 0 Å².